The monoisotopic (exact) mass is 353 g/mol. The summed E-state index contributed by atoms with van der Waals surface area (Å²) < 4.78 is 40.7. The van der Waals surface area contributed by atoms with Gasteiger partial charge in [0.1, 0.15) is 0 Å². The number of nitrogens with one attached hydrogen (secondary N) is 1. The average molecular weight is 353 g/mol. The summed E-state index contributed by atoms with van der Waals surface area (Å²) in [5.74, 6) is -0.556. The molecule has 0 radical (unpaired) electrons. The molecule has 134 valence electrons. The molecule has 0 fully saturated rings. The maximum absolute atomic E-state index is 13.2. The number of carbonyl (C=O) groups is 1. The molecule has 0 spiro atoms. The summed E-state index contributed by atoms with van der Waals surface area (Å²) in [6, 6.07) is 5.96. The molecule has 1 aromatic carbocycles. The lowest BCUT2D eigenvalue weighted by Gasteiger charge is -2.16. The van der Waals surface area contributed by atoms with Gasteiger partial charge in [-0.15, -0.1) is 0 Å². The van der Waals surface area contributed by atoms with Gasteiger partial charge in [0, 0.05) is 18.3 Å². The number of nitrogens with zero attached hydrogens (tertiary/aromatic N) is 2. The number of aryl methyl sites for hydroxylation is 1. The molecule has 0 saturated carbocycles. The number of aromatic nitrogens is 2. The Kier molecular flexibility index (Phi) is 5.30. The summed E-state index contributed by atoms with van der Waals surface area (Å²) in [5.41, 5.74) is -2.03. The SMILES string of the molecule is Cc1cc(=O)c(C(=O)NCC(C)C)nn1-c1ccccc1C(F)(F)F. The average Bonchev–Trinajstić information content (AvgIpc) is 2.52. The van der Waals surface area contributed by atoms with Gasteiger partial charge in [-0.2, -0.15) is 18.3 Å². The topological polar surface area (TPSA) is 64.0 Å². The second-order valence-electron chi connectivity index (χ2n) is 6.03. The summed E-state index contributed by atoms with van der Waals surface area (Å²) in [6.07, 6.45) is -4.59. The van der Waals surface area contributed by atoms with Crippen LogP contribution < -0.4 is 10.7 Å². The molecule has 0 saturated heterocycles. The van der Waals surface area contributed by atoms with Crippen LogP contribution >= 0.6 is 0 Å². The molecule has 1 N–H and O–H groups in total. The first-order valence-electron chi connectivity index (χ1n) is 7.67. The third-order valence-corrected chi connectivity index (χ3v) is 3.43. The van der Waals surface area contributed by atoms with Crippen molar-refractivity contribution in [2.75, 3.05) is 6.54 Å². The van der Waals surface area contributed by atoms with Crippen molar-refractivity contribution in [3.8, 4) is 5.69 Å². The van der Waals surface area contributed by atoms with Crippen LogP contribution in [0.1, 0.15) is 35.6 Å². The molecule has 2 aromatic rings. The molecule has 0 atom stereocenters. The molecule has 8 heteroatoms. The van der Waals surface area contributed by atoms with E-state index in [9.17, 15) is 22.8 Å². The zero-order valence-electron chi connectivity index (χ0n) is 14.0. The van der Waals surface area contributed by atoms with E-state index in [4.69, 9.17) is 0 Å². The van der Waals surface area contributed by atoms with Crippen LogP contribution in [0, 0.1) is 12.8 Å². The van der Waals surface area contributed by atoms with Crippen LogP contribution in [0.4, 0.5) is 13.2 Å². The molecule has 25 heavy (non-hydrogen) atoms. The van der Waals surface area contributed by atoms with Gasteiger partial charge >= 0.3 is 6.18 Å². The van der Waals surface area contributed by atoms with E-state index >= 15 is 0 Å². The molecular formula is C17H18F3N3O2. The predicted octanol–water partition coefficient (Wildman–Crippen LogP) is 2.95. The van der Waals surface area contributed by atoms with Crippen molar-refractivity contribution < 1.29 is 18.0 Å². The van der Waals surface area contributed by atoms with E-state index in [1.54, 1.807) is 0 Å². The van der Waals surface area contributed by atoms with E-state index in [-0.39, 0.29) is 17.3 Å². The maximum Gasteiger partial charge on any atom is 0.418 e. The third kappa shape index (κ3) is 4.26. The minimum atomic E-state index is -4.59. The van der Waals surface area contributed by atoms with Gasteiger partial charge in [-0.05, 0) is 25.0 Å². The lowest BCUT2D eigenvalue weighted by atomic mass is 10.1. The van der Waals surface area contributed by atoms with Crippen LogP contribution in [-0.2, 0) is 6.18 Å². The van der Waals surface area contributed by atoms with Crippen LogP contribution in [0.3, 0.4) is 0 Å². The molecule has 1 heterocycles. The highest BCUT2D eigenvalue weighted by atomic mass is 19.4. The molecule has 0 aliphatic carbocycles. The Balaban J connectivity index is 2.56. The van der Waals surface area contributed by atoms with E-state index in [0.717, 1.165) is 16.8 Å². The first-order valence-corrected chi connectivity index (χ1v) is 7.67. The largest absolute Gasteiger partial charge is 0.418 e. The second kappa shape index (κ2) is 7.08. The van der Waals surface area contributed by atoms with Gasteiger partial charge in [-0.25, -0.2) is 4.68 Å². The van der Waals surface area contributed by atoms with Gasteiger partial charge < -0.3 is 5.32 Å². The van der Waals surface area contributed by atoms with Crippen LogP contribution in [-0.4, -0.2) is 22.2 Å². The summed E-state index contributed by atoms with van der Waals surface area (Å²) in [7, 11) is 0. The summed E-state index contributed by atoms with van der Waals surface area (Å²) in [5, 5.41) is 6.43. The van der Waals surface area contributed by atoms with Gasteiger partial charge in [-0.3, -0.25) is 9.59 Å². The van der Waals surface area contributed by atoms with Crippen molar-refractivity contribution in [2.24, 2.45) is 5.92 Å². The number of amides is 1. The smallest absolute Gasteiger partial charge is 0.350 e. The number of halogens is 3. The van der Waals surface area contributed by atoms with Crippen molar-refractivity contribution in [2.45, 2.75) is 26.9 Å². The standard InChI is InChI=1S/C17H18F3N3O2/c1-10(2)9-21-16(25)15-14(24)8-11(3)23(22-15)13-7-5-4-6-12(13)17(18,19)20/h4-8,10H,9H2,1-3H3,(H,21,25). The third-order valence-electron chi connectivity index (χ3n) is 3.43. The van der Waals surface area contributed by atoms with E-state index < -0.39 is 28.8 Å². The highest BCUT2D eigenvalue weighted by molar-refractivity contribution is 5.92. The Hall–Kier alpha value is -2.64. The van der Waals surface area contributed by atoms with Gasteiger partial charge in [0.05, 0.1) is 11.3 Å². The number of rotatable bonds is 4. The quantitative estimate of drug-likeness (QED) is 0.919. The minimum absolute atomic E-state index is 0.155. The van der Waals surface area contributed by atoms with Gasteiger partial charge in [0.25, 0.3) is 5.91 Å². The normalized spacial score (nSPS) is 11.6. The lowest BCUT2D eigenvalue weighted by molar-refractivity contribution is -0.137. The van der Waals surface area contributed by atoms with Crippen molar-refractivity contribution in [1.29, 1.82) is 0 Å². The Labute approximate surface area is 142 Å². The van der Waals surface area contributed by atoms with Crippen molar-refractivity contribution in [1.82, 2.24) is 15.1 Å². The maximum atomic E-state index is 13.2. The van der Waals surface area contributed by atoms with Gasteiger partial charge in [-0.1, -0.05) is 26.0 Å². The minimum Gasteiger partial charge on any atom is -0.350 e. The van der Waals surface area contributed by atoms with E-state index in [1.807, 2.05) is 13.8 Å². The van der Waals surface area contributed by atoms with Crippen LogP contribution in [0.2, 0.25) is 0 Å². The van der Waals surface area contributed by atoms with Gasteiger partial charge in [0.2, 0.25) is 5.43 Å². The molecule has 2 rings (SSSR count). The molecule has 0 unspecified atom stereocenters. The summed E-state index contributed by atoms with van der Waals surface area (Å²) >= 11 is 0. The zero-order valence-corrected chi connectivity index (χ0v) is 14.0. The first kappa shape index (κ1) is 18.7. The van der Waals surface area contributed by atoms with E-state index in [1.165, 1.54) is 25.1 Å². The summed E-state index contributed by atoms with van der Waals surface area (Å²) in [6.45, 7) is 5.53. The number of hydrogen-bond donors (Lipinski definition) is 1. The lowest BCUT2D eigenvalue weighted by Crippen LogP contribution is -2.34. The zero-order chi connectivity index (χ0) is 18.8. The molecule has 1 aromatic heterocycles. The molecule has 0 bridgehead atoms. The molecular weight excluding hydrogens is 335 g/mol. The molecule has 5 nitrogen and oxygen atoms in total. The van der Waals surface area contributed by atoms with Crippen LogP contribution in [0.5, 0.6) is 0 Å². The van der Waals surface area contributed by atoms with Crippen molar-refractivity contribution in [3.63, 3.8) is 0 Å². The van der Waals surface area contributed by atoms with Crippen LogP contribution in [0.25, 0.3) is 5.69 Å². The Morgan fingerprint density at radius 2 is 1.92 bits per heavy atom. The van der Waals surface area contributed by atoms with E-state index in [0.29, 0.717) is 6.54 Å². The highest BCUT2D eigenvalue weighted by Crippen LogP contribution is 2.33. The van der Waals surface area contributed by atoms with Crippen molar-refractivity contribution >= 4 is 5.91 Å². The number of carbonyl (C=O) groups excluding carboxylic acids is 1. The summed E-state index contributed by atoms with van der Waals surface area (Å²) in [4.78, 5) is 24.2. The number of para-hydroxylation sites is 1. The predicted molar refractivity (Wildman–Crippen MR) is 86.7 cm³/mol. The van der Waals surface area contributed by atoms with E-state index in [2.05, 4.69) is 10.4 Å². The van der Waals surface area contributed by atoms with Crippen molar-refractivity contribution in [3.05, 3.63) is 57.5 Å². The van der Waals surface area contributed by atoms with Crippen LogP contribution in [0.15, 0.2) is 35.1 Å². The molecule has 1 amide bonds. The fraction of sp³-hybridized carbons (Fsp3) is 0.353. The molecule has 0 aliphatic heterocycles. The second-order valence-corrected chi connectivity index (χ2v) is 6.03. The Bertz CT molecular complexity index is 842. The molecule has 0 aliphatic rings. The fourth-order valence-corrected chi connectivity index (χ4v) is 2.23. The number of benzene rings is 1. The van der Waals surface area contributed by atoms with Gasteiger partial charge in [0.15, 0.2) is 5.69 Å². The fourth-order valence-electron chi connectivity index (χ4n) is 2.23. The highest BCUT2D eigenvalue weighted by Gasteiger charge is 2.34. The Morgan fingerprint density at radius 1 is 1.28 bits per heavy atom. The first-order chi connectivity index (χ1) is 11.6. The number of hydrogen-bond acceptors (Lipinski definition) is 3. The number of alkyl halides is 3. The Morgan fingerprint density at radius 3 is 2.52 bits per heavy atom.